The van der Waals surface area contributed by atoms with Gasteiger partial charge in [0.1, 0.15) is 16.9 Å². The first-order valence-electron chi connectivity index (χ1n) is 8.54. The Bertz CT molecular complexity index is 959. The standard InChI is InChI=1S/C19H19ClN4O2/c1-13-2-4-16(21-10-13)19(26)6-8-23(9-7-19)18(25)15-12-24-11-14(20)3-5-17(24)22-15/h2-5,10-12,26H,6-9H2,1H3. The molecule has 3 aromatic rings. The highest BCUT2D eigenvalue weighted by Gasteiger charge is 2.37. The van der Waals surface area contributed by atoms with E-state index in [1.165, 1.54) is 0 Å². The Balaban J connectivity index is 1.49. The molecule has 0 bridgehead atoms. The van der Waals surface area contributed by atoms with E-state index in [4.69, 9.17) is 11.6 Å². The number of amides is 1. The number of aliphatic hydroxyl groups is 1. The van der Waals surface area contributed by atoms with Crippen molar-refractivity contribution in [1.29, 1.82) is 0 Å². The molecule has 0 saturated carbocycles. The van der Waals surface area contributed by atoms with E-state index >= 15 is 0 Å². The fraction of sp³-hybridized carbons (Fsp3) is 0.316. The molecule has 0 spiro atoms. The van der Waals surface area contributed by atoms with Crippen LogP contribution < -0.4 is 0 Å². The van der Waals surface area contributed by atoms with Gasteiger partial charge in [0, 0.05) is 31.7 Å². The van der Waals surface area contributed by atoms with Crippen molar-refractivity contribution in [1.82, 2.24) is 19.3 Å². The number of piperidine rings is 1. The van der Waals surface area contributed by atoms with Crippen molar-refractivity contribution in [2.75, 3.05) is 13.1 Å². The summed E-state index contributed by atoms with van der Waals surface area (Å²) in [5.74, 6) is -0.135. The zero-order valence-corrected chi connectivity index (χ0v) is 15.1. The predicted octanol–water partition coefficient (Wildman–Crippen LogP) is 2.81. The summed E-state index contributed by atoms with van der Waals surface area (Å²) in [5, 5.41) is 11.5. The average Bonchev–Trinajstić information content (AvgIpc) is 3.05. The minimum atomic E-state index is -0.989. The normalized spacial score (nSPS) is 16.8. The number of aromatic nitrogens is 3. The van der Waals surface area contributed by atoms with Crippen LogP contribution in [-0.2, 0) is 5.60 Å². The van der Waals surface area contributed by atoms with Gasteiger partial charge in [-0.3, -0.25) is 9.78 Å². The quantitative estimate of drug-likeness (QED) is 0.753. The Labute approximate surface area is 156 Å². The zero-order chi connectivity index (χ0) is 18.3. The van der Waals surface area contributed by atoms with Crippen molar-refractivity contribution < 1.29 is 9.90 Å². The van der Waals surface area contributed by atoms with Crippen molar-refractivity contribution in [3.8, 4) is 0 Å². The van der Waals surface area contributed by atoms with Gasteiger partial charge in [-0.15, -0.1) is 0 Å². The molecule has 1 aliphatic heterocycles. The number of rotatable bonds is 2. The third-order valence-electron chi connectivity index (χ3n) is 4.90. The Morgan fingerprint density at radius 2 is 1.96 bits per heavy atom. The van der Waals surface area contributed by atoms with Gasteiger partial charge in [0.25, 0.3) is 5.91 Å². The number of hydrogen-bond acceptors (Lipinski definition) is 4. The van der Waals surface area contributed by atoms with E-state index in [0.29, 0.717) is 48.0 Å². The van der Waals surface area contributed by atoms with E-state index < -0.39 is 5.60 Å². The minimum Gasteiger partial charge on any atom is -0.383 e. The second-order valence-electron chi connectivity index (χ2n) is 6.78. The minimum absolute atomic E-state index is 0.135. The maximum absolute atomic E-state index is 12.8. The molecule has 0 atom stereocenters. The third kappa shape index (κ3) is 3.06. The Kier molecular flexibility index (Phi) is 4.17. The van der Waals surface area contributed by atoms with Crippen molar-refractivity contribution in [2.24, 2.45) is 0 Å². The molecule has 3 aromatic heterocycles. The molecule has 1 aliphatic rings. The van der Waals surface area contributed by atoms with Gasteiger partial charge in [-0.1, -0.05) is 17.7 Å². The summed E-state index contributed by atoms with van der Waals surface area (Å²) < 4.78 is 1.74. The summed E-state index contributed by atoms with van der Waals surface area (Å²) in [6.45, 7) is 2.88. The SMILES string of the molecule is Cc1ccc(C2(O)CCN(C(=O)c3cn4cc(Cl)ccc4n3)CC2)nc1. The van der Waals surface area contributed by atoms with Crippen LogP contribution in [0.2, 0.25) is 5.02 Å². The second kappa shape index (κ2) is 6.37. The Morgan fingerprint density at radius 1 is 1.19 bits per heavy atom. The zero-order valence-electron chi connectivity index (χ0n) is 14.4. The third-order valence-corrected chi connectivity index (χ3v) is 5.12. The fourth-order valence-corrected chi connectivity index (χ4v) is 3.48. The van der Waals surface area contributed by atoms with Gasteiger partial charge in [0.2, 0.25) is 0 Å². The lowest BCUT2D eigenvalue weighted by Gasteiger charge is -2.37. The Morgan fingerprint density at radius 3 is 2.65 bits per heavy atom. The average molecular weight is 371 g/mol. The summed E-state index contributed by atoms with van der Waals surface area (Å²) in [4.78, 5) is 23.2. The lowest BCUT2D eigenvalue weighted by molar-refractivity contribution is -0.0245. The number of carbonyl (C=O) groups is 1. The van der Waals surface area contributed by atoms with E-state index in [1.807, 2.05) is 19.1 Å². The molecular formula is C19H19ClN4O2. The Hall–Kier alpha value is -2.44. The number of fused-ring (bicyclic) bond motifs is 1. The van der Waals surface area contributed by atoms with Crippen LogP contribution in [0.25, 0.3) is 5.65 Å². The van der Waals surface area contributed by atoms with Crippen LogP contribution in [0.15, 0.2) is 42.9 Å². The summed E-state index contributed by atoms with van der Waals surface area (Å²) >= 11 is 5.98. The van der Waals surface area contributed by atoms with Gasteiger partial charge in [-0.2, -0.15) is 0 Å². The van der Waals surface area contributed by atoms with Crippen LogP contribution in [-0.4, -0.2) is 43.4 Å². The van der Waals surface area contributed by atoms with Crippen LogP contribution in [0.4, 0.5) is 0 Å². The second-order valence-corrected chi connectivity index (χ2v) is 7.22. The molecule has 1 fully saturated rings. The topological polar surface area (TPSA) is 70.7 Å². The van der Waals surface area contributed by atoms with Gasteiger partial charge in [0.15, 0.2) is 0 Å². The van der Waals surface area contributed by atoms with Crippen molar-refractivity contribution >= 4 is 23.2 Å². The molecule has 1 amide bonds. The summed E-state index contributed by atoms with van der Waals surface area (Å²) in [7, 11) is 0. The first-order valence-corrected chi connectivity index (χ1v) is 8.91. The molecular weight excluding hydrogens is 352 g/mol. The molecule has 7 heteroatoms. The highest BCUT2D eigenvalue weighted by Crippen LogP contribution is 2.32. The molecule has 6 nitrogen and oxygen atoms in total. The van der Waals surface area contributed by atoms with Gasteiger partial charge < -0.3 is 14.4 Å². The molecule has 0 unspecified atom stereocenters. The van der Waals surface area contributed by atoms with Crippen molar-refractivity contribution in [3.05, 3.63) is 64.8 Å². The smallest absolute Gasteiger partial charge is 0.274 e. The van der Waals surface area contributed by atoms with Crippen LogP contribution >= 0.6 is 11.6 Å². The number of halogens is 1. The highest BCUT2D eigenvalue weighted by atomic mass is 35.5. The number of hydrogen-bond donors (Lipinski definition) is 1. The van der Waals surface area contributed by atoms with E-state index in [-0.39, 0.29) is 5.91 Å². The van der Waals surface area contributed by atoms with E-state index in [9.17, 15) is 9.90 Å². The van der Waals surface area contributed by atoms with Gasteiger partial charge in [0.05, 0.1) is 10.7 Å². The molecule has 26 heavy (non-hydrogen) atoms. The highest BCUT2D eigenvalue weighted by molar-refractivity contribution is 6.30. The fourth-order valence-electron chi connectivity index (χ4n) is 3.31. The van der Waals surface area contributed by atoms with Crippen LogP contribution in [0, 0.1) is 6.92 Å². The maximum Gasteiger partial charge on any atom is 0.274 e. The first kappa shape index (κ1) is 17.0. The van der Waals surface area contributed by atoms with E-state index in [0.717, 1.165) is 5.56 Å². The van der Waals surface area contributed by atoms with E-state index in [2.05, 4.69) is 9.97 Å². The number of likely N-dealkylation sites (tertiary alicyclic amines) is 1. The number of aryl methyl sites for hydroxylation is 1. The van der Waals surface area contributed by atoms with E-state index in [1.54, 1.807) is 40.0 Å². The molecule has 134 valence electrons. The predicted molar refractivity (Wildman–Crippen MR) is 98.2 cm³/mol. The molecule has 0 aromatic carbocycles. The van der Waals surface area contributed by atoms with Crippen LogP contribution in [0.3, 0.4) is 0 Å². The molecule has 1 N–H and O–H groups in total. The van der Waals surface area contributed by atoms with Gasteiger partial charge in [-0.05, 0) is 43.5 Å². The van der Waals surface area contributed by atoms with Gasteiger partial charge in [-0.25, -0.2) is 4.98 Å². The maximum atomic E-state index is 12.8. The largest absolute Gasteiger partial charge is 0.383 e. The lowest BCUT2D eigenvalue weighted by Crippen LogP contribution is -2.45. The molecule has 1 saturated heterocycles. The number of nitrogens with zero attached hydrogens (tertiary/aromatic N) is 4. The number of carbonyl (C=O) groups excluding carboxylic acids is 1. The summed E-state index contributed by atoms with van der Waals surface area (Å²) in [6, 6.07) is 7.32. The molecule has 4 rings (SSSR count). The molecule has 0 aliphatic carbocycles. The van der Waals surface area contributed by atoms with Crippen LogP contribution in [0.1, 0.15) is 34.6 Å². The number of pyridine rings is 2. The first-order chi connectivity index (χ1) is 12.4. The van der Waals surface area contributed by atoms with Crippen LogP contribution in [0.5, 0.6) is 0 Å². The molecule has 4 heterocycles. The summed E-state index contributed by atoms with van der Waals surface area (Å²) in [5.41, 5.74) is 1.78. The molecule has 0 radical (unpaired) electrons. The van der Waals surface area contributed by atoms with Gasteiger partial charge >= 0.3 is 0 Å². The monoisotopic (exact) mass is 370 g/mol. The summed E-state index contributed by atoms with van der Waals surface area (Å²) in [6.07, 6.45) is 6.07. The van der Waals surface area contributed by atoms with Crippen molar-refractivity contribution in [2.45, 2.75) is 25.4 Å². The lowest BCUT2D eigenvalue weighted by atomic mass is 9.87. The van der Waals surface area contributed by atoms with Crippen molar-refractivity contribution in [3.63, 3.8) is 0 Å². The number of imidazole rings is 1.